The third-order valence-electron chi connectivity index (χ3n) is 4.73. The molecule has 3 rings (SSSR count). The first-order chi connectivity index (χ1) is 15.3. The lowest BCUT2D eigenvalue weighted by Gasteiger charge is -2.09. The summed E-state index contributed by atoms with van der Waals surface area (Å²) in [5.74, 6) is -0.949. The number of nitrogens with one attached hydrogen (secondary N) is 2. The molecule has 0 radical (unpaired) electrons. The molecule has 0 spiro atoms. The summed E-state index contributed by atoms with van der Waals surface area (Å²) in [5.41, 5.74) is 8.98. The van der Waals surface area contributed by atoms with Gasteiger partial charge in [0.15, 0.2) is 5.78 Å². The predicted molar refractivity (Wildman–Crippen MR) is 120 cm³/mol. The van der Waals surface area contributed by atoms with Gasteiger partial charge in [0.05, 0.1) is 11.4 Å². The number of aryl methyl sites for hydroxylation is 3. The van der Waals surface area contributed by atoms with E-state index in [2.05, 4.69) is 26.4 Å². The van der Waals surface area contributed by atoms with Crippen LogP contribution < -0.4 is 10.9 Å². The zero-order chi connectivity index (χ0) is 23.1. The summed E-state index contributed by atoms with van der Waals surface area (Å²) in [5, 5.41) is 12.1. The molecule has 0 saturated carbocycles. The summed E-state index contributed by atoms with van der Waals surface area (Å²) in [7, 11) is 0. The number of hydrazine groups is 1. The van der Waals surface area contributed by atoms with Gasteiger partial charge >= 0.3 is 0 Å². The van der Waals surface area contributed by atoms with Gasteiger partial charge in [-0.1, -0.05) is 47.7 Å². The topological polar surface area (TPSA) is 119 Å². The van der Waals surface area contributed by atoms with E-state index >= 15 is 0 Å². The Balaban J connectivity index is 1.44. The lowest BCUT2D eigenvalue weighted by Crippen LogP contribution is -2.42. The second-order valence-corrected chi connectivity index (χ2v) is 8.23. The first kappa shape index (κ1) is 23.1. The van der Waals surface area contributed by atoms with Crippen LogP contribution in [0.15, 0.2) is 47.6 Å². The SMILES string of the molecule is Cc1ccc(C)c(C(=O)CCC(=O)NNC(=O)CSc2nnnn2-c2ccccc2C)c1. The number of hydrogen-bond donors (Lipinski definition) is 2. The molecule has 0 aliphatic rings. The van der Waals surface area contributed by atoms with Crippen LogP contribution in [0.25, 0.3) is 5.69 Å². The minimum absolute atomic E-state index is 0.00789. The van der Waals surface area contributed by atoms with Crippen LogP contribution in [0.3, 0.4) is 0 Å². The molecule has 0 saturated heterocycles. The summed E-state index contributed by atoms with van der Waals surface area (Å²) < 4.78 is 1.56. The molecule has 10 heteroatoms. The fourth-order valence-electron chi connectivity index (χ4n) is 2.99. The van der Waals surface area contributed by atoms with Crippen molar-refractivity contribution >= 4 is 29.4 Å². The molecule has 2 amide bonds. The number of benzene rings is 2. The number of rotatable bonds is 8. The van der Waals surface area contributed by atoms with Crippen LogP contribution in [0.5, 0.6) is 0 Å². The molecule has 1 heterocycles. The number of tetrazole rings is 1. The zero-order valence-corrected chi connectivity index (χ0v) is 18.9. The Labute approximate surface area is 189 Å². The summed E-state index contributed by atoms with van der Waals surface area (Å²) in [4.78, 5) is 36.5. The van der Waals surface area contributed by atoms with Gasteiger partial charge in [-0.3, -0.25) is 25.2 Å². The van der Waals surface area contributed by atoms with E-state index in [0.717, 1.165) is 34.1 Å². The number of amides is 2. The van der Waals surface area contributed by atoms with Gasteiger partial charge in [-0.15, -0.1) is 5.10 Å². The van der Waals surface area contributed by atoms with Crippen LogP contribution >= 0.6 is 11.8 Å². The molecule has 0 bridgehead atoms. The molecule has 9 nitrogen and oxygen atoms in total. The Kier molecular flexibility index (Phi) is 7.72. The lowest BCUT2D eigenvalue weighted by molar-refractivity contribution is -0.127. The van der Waals surface area contributed by atoms with Crippen LogP contribution in [-0.4, -0.2) is 43.6 Å². The molecule has 0 unspecified atom stereocenters. The van der Waals surface area contributed by atoms with E-state index in [1.807, 2.05) is 63.2 Å². The normalized spacial score (nSPS) is 10.6. The molecular weight excluding hydrogens is 428 g/mol. The zero-order valence-electron chi connectivity index (χ0n) is 18.1. The van der Waals surface area contributed by atoms with Gasteiger partial charge in [0, 0.05) is 18.4 Å². The Morgan fingerprint density at radius 1 is 0.938 bits per heavy atom. The summed E-state index contributed by atoms with van der Waals surface area (Å²) in [6, 6.07) is 13.3. The minimum atomic E-state index is -0.438. The fraction of sp³-hybridized carbons (Fsp3) is 0.273. The number of thioether (sulfide) groups is 1. The van der Waals surface area contributed by atoms with Crippen LogP contribution in [0.2, 0.25) is 0 Å². The van der Waals surface area contributed by atoms with E-state index in [1.54, 1.807) is 4.68 Å². The van der Waals surface area contributed by atoms with Gasteiger partial charge in [0.25, 0.3) is 0 Å². The van der Waals surface area contributed by atoms with Crippen molar-refractivity contribution < 1.29 is 14.4 Å². The van der Waals surface area contributed by atoms with Gasteiger partial charge in [-0.05, 0) is 54.5 Å². The number of Topliss-reactive ketones (excluding diaryl/α,β-unsaturated/α-hetero) is 1. The quantitative estimate of drug-likeness (QED) is 0.306. The summed E-state index contributed by atoms with van der Waals surface area (Å²) >= 11 is 1.14. The van der Waals surface area contributed by atoms with Gasteiger partial charge in [-0.2, -0.15) is 4.68 Å². The predicted octanol–water partition coefficient (Wildman–Crippen LogP) is 2.49. The van der Waals surface area contributed by atoms with E-state index in [9.17, 15) is 14.4 Å². The largest absolute Gasteiger partial charge is 0.294 e. The molecule has 0 atom stereocenters. The van der Waals surface area contributed by atoms with Crippen molar-refractivity contribution in [2.75, 3.05) is 5.75 Å². The Morgan fingerprint density at radius 2 is 1.69 bits per heavy atom. The Morgan fingerprint density at radius 3 is 2.47 bits per heavy atom. The number of ketones is 1. The van der Waals surface area contributed by atoms with Gasteiger partial charge in [0.1, 0.15) is 0 Å². The van der Waals surface area contributed by atoms with Crippen LogP contribution in [0.1, 0.15) is 39.9 Å². The van der Waals surface area contributed by atoms with E-state index in [0.29, 0.717) is 10.7 Å². The van der Waals surface area contributed by atoms with E-state index in [4.69, 9.17) is 0 Å². The highest BCUT2D eigenvalue weighted by Crippen LogP contribution is 2.20. The maximum atomic E-state index is 12.4. The van der Waals surface area contributed by atoms with Crippen molar-refractivity contribution in [3.8, 4) is 5.69 Å². The highest BCUT2D eigenvalue weighted by molar-refractivity contribution is 7.99. The van der Waals surface area contributed by atoms with Crippen molar-refractivity contribution in [1.82, 2.24) is 31.1 Å². The van der Waals surface area contributed by atoms with Crippen molar-refractivity contribution in [1.29, 1.82) is 0 Å². The van der Waals surface area contributed by atoms with Crippen molar-refractivity contribution in [3.05, 3.63) is 64.7 Å². The number of hydrogen-bond acceptors (Lipinski definition) is 7. The fourth-order valence-corrected chi connectivity index (χ4v) is 3.67. The maximum absolute atomic E-state index is 12.4. The van der Waals surface area contributed by atoms with Crippen molar-refractivity contribution in [3.63, 3.8) is 0 Å². The van der Waals surface area contributed by atoms with Crippen LogP contribution in [-0.2, 0) is 9.59 Å². The van der Waals surface area contributed by atoms with E-state index in [-0.39, 0.29) is 24.4 Å². The summed E-state index contributed by atoms with van der Waals surface area (Å²) in [6.07, 6.45) is 0.0388. The molecule has 3 aromatic rings. The molecular formula is C22H24N6O3S. The average molecular weight is 453 g/mol. The Bertz CT molecular complexity index is 1140. The molecule has 1 aromatic heterocycles. The smallest absolute Gasteiger partial charge is 0.248 e. The first-order valence-electron chi connectivity index (χ1n) is 10.0. The first-order valence-corrected chi connectivity index (χ1v) is 11.0. The van der Waals surface area contributed by atoms with Crippen molar-refractivity contribution in [2.24, 2.45) is 0 Å². The third kappa shape index (κ3) is 6.01. The van der Waals surface area contributed by atoms with E-state index in [1.165, 1.54) is 0 Å². The lowest BCUT2D eigenvalue weighted by atomic mass is 9.99. The highest BCUT2D eigenvalue weighted by Gasteiger charge is 2.15. The third-order valence-corrected chi connectivity index (χ3v) is 5.65. The van der Waals surface area contributed by atoms with Crippen LogP contribution in [0, 0.1) is 20.8 Å². The molecule has 2 aromatic carbocycles. The molecule has 0 fully saturated rings. The van der Waals surface area contributed by atoms with Crippen LogP contribution in [0.4, 0.5) is 0 Å². The number of aromatic nitrogens is 4. The molecule has 2 N–H and O–H groups in total. The molecule has 166 valence electrons. The van der Waals surface area contributed by atoms with Crippen molar-refractivity contribution in [2.45, 2.75) is 38.8 Å². The van der Waals surface area contributed by atoms with Gasteiger partial charge in [-0.25, -0.2) is 0 Å². The minimum Gasteiger partial charge on any atom is -0.294 e. The van der Waals surface area contributed by atoms with Gasteiger partial charge in [0.2, 0.25) is 17.0 Å². The molecule has 0 aliphatic heterocycles. The molecule has 32 heavy (non-hydrogen) atoms. The second-order valence-electron chi connectivity index (χ2n) is 7.29. The summed E-state index contributed by atoms with van der Waals surface area (Å²) in [6.45, 7) is 5.72. The number of carbonyl (C=O) groups excluding carboxylic acids is 3. The maximum Gasteiger partial charge on any atom is 0.248 e. The average Bonchev–Trinajstić information content (AvgIpc) is 3.25. The number of carbonyl (C=O) groups is 3. The Hall–Kier alpha value is -3.53. The molecule has 0 aliphatic carbocycles. The van der Waals surface area contributed by atoms with Gasteiger partial charge < -0.3 is 0 Å². The number of nitrogens with zero attached hydrogens (tertiary/aromatic N) is 4. The second kappa shape index (κ2) is 10.7. The monoisotopic (exact) mass is 452 g/mol. The standard InChI is InChI=1S/C22H24N6O3S/c1-14-8-9-15(2)17(12-14)19(29)10-11-20(30)23-24-21(31)13-32-22-25-26-27-28(22)18-7-5-4-6-16(18)3/h4-9,12H,10-11,13H2,1-3H3,(H,23,30)(H,24,31). The highest BCUT2D eigenvalue weighted by atomic mass is 32.2. The number of para-hydroxylation sites is 1. The van der Waals surface area contributed by atoms with E-state index < -0.39 is 11.8 Å².